The molecule has 0 radical (unpaired) electrons. The zero-order valence-corrected chi connectivity index (χ0v) is 12.0. The fraction of sp³-hybridized carbons (Fsp3) is 0.500. The second kappa shape index (κ2) is 5.69. The molecule has 2 rings (SSSR count). The lowest BCUT2D eigenvalue weighted by Gasteiger charge is -2.06. The highest BCUT2D eigenvalue weighted by Crippen LogP contribution is 2.16. The molecule has 0 amide bonds. The molecule has 0 aromatic carbocycles. The van der Waals surface area contributed by atoms with E-state index >= 15 is 0 Å². The van der Waals surface area contributed by atoms with Crippen LogP contribution in [0.1, 0.15) is 23.1 Å². The minimum atomic E-state index is -3.67. The number of hydrogen-bond donors (Lipinski definition) is 3. The summed E-state index contributed by atoms with van der Waals surface area (Å²) in [4.78, 5) is 4.09. The number of aromatic amines is 1. The number of sulfonamides is 1. The smallest absolute Gasteiger partial charge is 0.244 e. The number of nitrogens with zero attached hydrogens (tertiary/aromatic N) is 3. The van der Waals surface area contributed by atoms with E-state index in [1.165, 1.54) is 0 Å². The predicted molar refractivity (Wildman–Crippen MR) is 69.1 cm³/mol. The Labute approximate surface area is 116 Å². The molecular weight excluding hydrogens is 284 g/mol. The van der Waals surface area contributed by atoms with Crippen LogP contribution in [0.2, 0.25) is 0 Å². The van der Waals surface area contributed by atoms with Crippen molar-refractivity contribution in [2.75, 3.05) is 6.54 Å². The number of aryl methyl sites for hydroxylation is 2. The van der Waals surface area contributed by atoms with Gasteiger partial charge in [0.05, 0.1) is 11.4 Å². The Kier molecular flexibility index (Phi) is 4.16. The van der Waals surface area contributed by atoms with Crippen LogP contribution in [-0.4, -0.2) is 35.3 Å². The molecular formula is C10H16N6O3S. The molecule has 0 saturated heterocycles. The van der Waals surface area contributed by atoms with Crippen LogP contribution in [0.25, 0.3) is 0 Å². The zero-order chi connectivity index (χ0) is 14.8. The second-order valence-corrected chi connectivity index (χ2v) is 5.92. The van der Waals surface area contributed by atoms with Crippen molar-refractivity contribution in [3.63, 3.8) is 0 Å². The number of hydrogen-bond acceptors (Lipinski definition) is 7. The third kappa shape index (κ3) is 3.03. The molecule has 0 saturated carbocycles. The van der Waals surface area contributed by atoms with Crippen molar-refractivity contribution in [1.29, 1.82) is 0 Å². The van der Waals surface area contributed by atoms with Gasteiger partial charge in [-0.1, -0.05) is 5.16 Å². The number of H-pyrrole nitrogens is 1. The van der Waals surface area contributed by atoms with Gasteiger partial charge in [-0.05, 0) is 13.8 Å². The van der Waals surface area contributed by atoms with Crippen LogP contribution in [0.3, 0.4) is 0 Å². The van der Waals surface area contributed by atoms with E-state index in [1.54, 1.807) is 13.8 Å². The number of nitrogens with one attached hydrogen (secondary N) is 2. The van der Waals surface area contributed by atoms with Crippen LogP contribution >= 0.6 is 0 Å². The molecule has 4 N–H and O–H groups in total. The Morgan fingerprint density at radius 1 is 1.40 bits per heavy atom. The first kappa shape index (κ1) is 14.6. The van der Waals surface area contributed by atoms with E-state index < -0.39 is 10.0 Å². The normalized spacial score (nSPS) is 11.9. The average Bonchev–Trinajstić information content (AvgIpc) is 2.95. The zero-order valence-electron chi connectivity index (χ0n) is 11.2. The van der Waals surface area contributed by atoms with Crippen LogP contribution in [0.5, 0.6) is 0 Å². The van der Waals surface area contributed by atoms with Gasteiger partial charge >= 0.3 is 0 Å². The molecule has 0 aliphatic carbocycles. The van der Waals surface area contributed by atoms with E-state index in [2.05, 4.69) is 25.1 Å². The molecule has 2 aromatic heterocycles. The fourth-order valence-electron chi connectivity index (χ4n) is 1.77. The lowest BCUT2D eigenvalue weighted by Crippen LogP contribution is -2.27. The number of aromatic nitrogens is 4. The van der Waals surface area contributed by atoms with Crippen LogP contribution < -0.4 is 10.5 Å². The number of rotatable bonds is 6. The van der Waals surface area contributed by atoms with Crippen molar-refractivity contribution >= 4 is 10.0 Å². The summed E-state index contributed by atoms with van der Waals surface area (Å²) in [7, 11) is -3.67. The second-order valence-electron chi connectivity index (χ2n) is 4.21. The first-order valence-electron chi connectivity index (χ1n) is 5.97. The van der Waals surface area contributed by atoms with Gasteiger partial charge in [0.15, 0.2) is 5.82 Å². The lowest BCUT2D eigenvalue weighted by atomic mass is 10.4. The number of nitrogens with two attached hydrogens (primary N) is 1. The third-order valence-corrected chi connectivity index (χ3v) is 4.29. The molecule has 0 bridgehead atoms. The van der Waals surface area contributed by atoms with Gasteiger partial charge in [-0.25, -0.2) is 13.1 Å². The maximum atomic E-state index is 12.2. The Morgan fingerprint density at radius 2 is 2.15 bits per heavy atom. The van der Waals surface area contributed by atoms with E-state index in [-0.39, 0.29) is 18.0 Å². The van der Waals surface area contributed by atoms with Crippen LogP contribution in [0.15, 0.2) is 9.42 Å². The van der Waals surface area contributed by atoms with E-state index in [9.17, 15) is 8.42 Å². The summed E-state index contributed by atoms with van der Waals surface area (Å²) in [6.45, 7) is 3.52. The first-order chi connectivity index (χ1) is 9.44. The van der Waals surface area contributed by atoms with E-state index in [0.717, 1.165) is 0 Å². The Bertz CT molecular complexity index is 690. The molecule has 0 spiro atoms. The van der Waals surface area contributed by atoms with Gasteiger partial charge in [0, 0.05) is 19.5 Å². The van der Waals surface area contributed by atoms with Gasteiger partial charge in [-0.15, -0.1) is 0 Å². The molecule has 110 valence electrons. The van der Waals surface area contributed by atoms with Gasteiger partial charge < -0.3 is 10.3 Å². The quantitative estimate of drug-likeness (QED) is 0.646. The van der Waals surface area contributed by atoms with Gasteiger partial charge in [0.1, 0.15) is 4.90 Å². The minimum absolute atomic E-state index is 0.0451. The Morgan fingerprint density at radius 3 is 2.75 bits per heavy atom. The van der Waals surface area contributed by atoms with Crippen molar-refractivity contribution in [1.82, 2.24) is 25.1 Å². The van der Waals surface area contributed by atoms with Crippen molar-refractivity contribution in [3.05, 3.63) is 23.1 Å². The molecule has 9 nitrogen and oxygen atoms in total. The minimum Gasteiger partial charge on any atom is -0.339 e. The fourth-order valence-corrected chi connectivity index (χ4v) is 3.17. The van der Waals surface area contributed by atoms with Gasteiger partial charge in [-0.2, -0.15) is 10.1 Å². The lowest BCUT2D eigenvalue weighted by molar-refractivity contribution is 0.375. The standard InChI is InChI=1S/C10H16N6O3S/c1-6-10(8(5-11)15-14-6)20(17,18)12-4-3-9-13-7(2)16-19-9/h12H,3-5,11H2,1-2H3,(H,14,15). The Hall–Kier alpha value is -1.78. The maximum Gasteiger partial charge on any atom is 0.244 e. The molecule has 10 heteroatoms. The molecule has 0 atom stereocenters. The monoisotopic (exact) mass is 300 g/mol. The predicted octanol–water partition coefficient (Wildman–Crippen LogP) is -0.611. The largest absolute Gasteiger partial charge is 0.339 e. The van der Waals surface area contributed by atoms with Crippen molar-refractivity contribution in [2.45, 2.75) is 31.7 Å². The van der Waals surface area contributed by atoms with E-state index in [0.29, 0.717) is 29.5 Å². The molecule has 2 aromatic rings. The summed E-state index contributed by atoms with van der Waals surface area (Å²) in [5.74, 6) is 0.895. The molecule has 0 unspecified atom stereocenters. The van der Waals surface area contributed by atoms with Crippen molar-refractivity contribution in [2.24, 2.45) is 5.73 Å². The summed E-state index contributed by atoms with van der Waals surface area (Å²) >= 11 is 0. The molecule has 0 aliphatic rings. The van der Waals surface area contributed by atoms with Crippen LogP contribution in [0, 0.1) is 13.8 Å². The summed E-state index contributed by atoms with van der Waals surface area (Å²) in [5, 5.41) is 10.1. The van der Waals surface area contributed by atoms with E-state index in [4.69, 9.17) is 10.3 Å². The van der Waals surface area contributed by atoms with Gasteiger partial charge in [0.2, 0.25) is 15.9 Å². The van der Waals surface area contributed by atoms with Crippen molar-refractivity contribution < 1.29 is 12.9 Å². The average molecular weight is 300 g/mol. The molecule has 0 fully saturated rings. The van der Waals surface area contributed by atoms with Gasteiger partial charge in [-0.3, -0.25) is 5.10 Å². The maximum absolute atomic E-state index is 12.2. The van der Waals surface area contributed by atoms with E-state index in [1.807, 2.05) is 0 Å². The van der Waals surface area contributed by atoms with Crippen LogP contribution in [-0.2, 0) is 23.0 Å². The Balaban J connectivity index is 2.06. The van der Waals surface area contributed by atoms with Crippen molar-refractivity contribution in [3.8, 4) is 0 Å². The third-order valence-electron chi connectivity index (χ3n) is 2.62. The van der Waals surface area contributed by atoms with Crippen LogP contribution in [0.4, 0.5) is 0 Å². The highest BCUT2D eigenvalue weighted by Gasteiger charge is 2.23. The highest BCUT2D eigenvalue weighted by molar-refractivity contribution is 7.89. The molecule has 20 heavy (non-hydrogen) atoms. The molecule has 2 heterocycles. The summed E-state index contributed by atoms with van der Waals surface area (Å²) in [5.41, 5.74) is 6.23. The highest BCUT2D eigenvalue weighted by atomic mass is 32.2. The first-order valence-corrected chi connectivity index (χ1v) is 7.45. The summed E-state index contributed by atoms with van der Waals surface area (Å²) in [6.07, 6.45) is 0.314. The summed E-state index contributed by atoms with van der Waals surface area (Å²) in [6, 6.07) is 0. The van der Waals surface area contributed by atoms with Gasteiger partial charge in [0.25, 0.3) is 0 Å². The SMILES string of the molecule is Cc1noc(CCNS(=O)(=O)c2c(CN)n[nH]c2C)n1. The summed E-state index contributed by atoms with van der Waals surface area (Å²) < 4.78 is 31.8. The topological polar surface area (TPSA) is 140 Å². The molecule has 0 aliphatic heterocycles.